The summed E-state index contributed by atoms with van der Waals surface area (Å²) in [5.41, 5.74) is 14.5. The lowest BCUT2D eigenvalue weighted by atomic mass is 9.79. The zero-order chi connectivity index (χ0) is 37.3. The monoisotopic (exact) mass is 703 g/mol. The predicted octanol–water partition coefficient (Wildman–Crippen LogP) is 15.0. The molecule has 2 aromatic heterocycles. The lowest BCUT2D eigenvalue weighted by molar-refractivity contribution is 0.569. The van der Waals surface area contributed by atoms with Crippen molar-refractivity contribution in [2.24, 2.45) is 0 Å². The Labute approximate surface area is 316 Å². The average Bonchev–Trinajstić information content (AvgIpc) is 3.79. The first-order chi connectivity index (χ1) is 25.8. The van der Waals surface area contributed by atoms with Crippen LogP contribution in [0.5, 0.6) is 0 Å². The molecule has 10 rings (SSSR count). The van der Waals surface area contributed by atoms with Crippen LogP contribution in [0.25, 0.3) is 65.8 Å². The summed E-state index contributed by atoms with van der Waals surface area (Å²) in [6, 6.07) is 46.6. The molecule has 0 amide bonds. The molecule has 0 saturated carbocycles. The van der Waals surface area contributed by atoms with Crippen LogP contribution in [-0.2, 0) is 16.2 Å². The smallest absolute Gasteiger partial charge is 0.143 e. The normalized spacial score (nSPS) is 14.1. The van der Waals surface area contributed by atoms with E-state index < -0.39 is 0 Å². The van der Waals surface area contributed by atoms with Gasteiger partial charge in [-0.1, -0.05) is 128 Å². The maximum atomic E-state index is 6.88. The van der Waals surface area contributed by atoms with Crippen LogP contribution in [0.2, 0.25) is 0 Å². The molecule has 0 atom stereocenters. The number of anilines is 3. The maximum absolute atomic E-state index is 6.88. The van der Waals surface area contributed by atoms with Crippen LogP contribution >= 0.6 is 0 Å². The van der Waals surface area contributed by atoms with Gasteiger partial charge in [-0.3, -0.25) is 0 Å². The predicted molar refractivity (Wildman–Crippen MR) is 228 cm³/mol. The van der Waals surface area contributed by atoms with Crippen LogP contribution in [0.4, 0.5) is 17.1 Å². The minimum absolute atomic E-state index is 0.00644. The topological polar surface area (TPSA) is 29.5 Å². The Balaban J connectivity index is 1.25. The molecule has 2 heterocycles. The molecule has 7 aromatic carbocycles. The molecule has 3 nitrogen and oxygen atoms in total. The lowest BCUT2D eigenvalue weighted by Crippen LogP contribution is -2.16. The zero-order valence-corrected chi connectivity index (χ0v) is 32.4. The van der Waals surface area contributed by atoms with Crippen molar-refractivity contribution in [2.75, 3.05) is 4.90 Å². The Morgan fingerprint density at radius 2 is 1.22 bits per heavy atom. The highest BCUT2D eigenvalue weighted by atomic mass is 16.3. The van der Waals surface area contributed by atoms with Gasteiger partial charge in [-0.2, -0.15) is 0 Å². The summed E-state index contributed by atoms with van der Waals surface area (Å²) in [4.78, 5) is 2.41. The largest absolute Gasteiger partial charge is 0.456 e. The Kier molecular flexibility index (Phi) is 6.76. The molecule has 0 saturated heterocycles. The van der Waals surface area contributed by atoms with Crippen molar-refractivity contribution in [3.63, 3.8) is 0 Å². The van der Waals surface area contributed by atoms with Gasteiger partial charge in [0.25, 0.3) is 0 Å². The Bertz CT molecular complexity index is 2990. The van der Waals surface area contributed by atoms with E-state index in [-0.39, 0.29) is 16.2 Å². The fourth-order valence-electron chi connectivity index (χ4n) is 9.04. The number of fused-ring (bicyclic) bond motifs is 11. The number of furan rings is 2. The number of rotatable bonds is 3. The Morgan fingerprint density at radius 3 is 2.04 bits per heavy atom. The standard InChI is InChI=1S/C51H45NO2/c1-49(2,3)31-26-41(50(4,5)6)46-37-25-22-33(29-44(37)53-45(46)27-31)52(32-21-24-36-35-16-11-12-17-39(35)51(7,8)40(36)28-32)42-18-13-19-43-47(42)38-23-20-30-14-9-10-15-34(30)48(38)54-43/h9-29H,1-8H3. The van der Waals surface area contributed by atoms with E-state index in [2.05, 4.69) is 188 Å². The molecule has 0 fully saturated rings. The van der Waals surface area contributed by atoms with E-state index in [1.54, 1.807) is 0 Å². The van der Waals surface area contributed by atoms with Gasteiger partial charge >= 0.3 is 0 Å². The van der Waals surface area contributed by atoms with Crippen molar-refractivity contribution in [3.8, 4) is 11.1 Å². The van der Waals surface area contributed by atoms with Crippen molar-refractivity contribution in [1.29, 1.82) is 0 Å². The molecule has 3 heteroatoms. The van der Waals surface area contributed by atoms with Crippen molar-refractivity contribution in [1.82, 2.24) is 0 Å². The molecule has 54 heavy (non-hydrogen) atoms. The highest BCUT2D eigenvalue weighted by Crippen LogP contribution is 2.52. The van der Waals surface area contributed by atoms with Gasteiger partial charge in [0.2, 0.25) is 0 Å². The number of hydrogen-bond donors (Lipinski definition) is 0. The molecular weight excluding hydrogens is 659 g/mol. The van der Waals surface area contributed by atoms with E-state index in [9.17, 15) is 0 Å². The van der Waals surface area contributed by atoms with Gasteiger partial charge in [-0.15, -0.1) is 0 Å². The second-order valence-electron chi connectivity index (χ2n) is 17.8. The van der Waals surface area contributed by atoms with E-state index in [0.29, 0.717) is 0 Å². The van der Waals surface area contributed by atoms with Gasteiger partial charge in [-0.05, 0) is 98.1 Å². The van der Waals surface area contributed by atoms with Crippen LogP contribution in [0, 0.1) is 0 Å². The molecule has 0 unspecified atom stereocenters. The molecule has 0 bridgehead atoms. The van der Waals surface area contributed by atoms with Gasteiger partial charge in [-0.25, -0.2) is 0 Å². The second kappa shape index (κ2) is 11.1. The molecule has 9 aromatic rings. The van der Waals surface area contributed by atoms with Gasteiger partial charge in [0, 0.05) is 44.4 Å². The SMILES string of the molecule is CC(C)(C)c1cc(C(C)(C)C)c2c(c1)oc1cc(N(c3ccc4c(c3)C(C)(C)c3ccccc3-4)c3cccc4oc5c6ccccc6ccc5c34)ccc12. The summed E-state index contributed by atoms with van der Waals surface area (Å²) < 4.78 is 13.6. The van der Waals surface area contributed by atoms with Crippen molar-refractivity contribution in [2.45, 2.75) is 71.6 Å². The van der Waals surface area contributed by atoms with Crippen LogP contribution in [-0.4, -0.2) is 0 Å². The van der Waals surface area contributed by atoms with E-state index >= 15 is 0 Å². The molecule has 0 N–H and O–H groups in total. The van der Waals surface area contributed by atoms with Crippen molar-refractivity contribution < 1.29 is 8.83 Å². The van der Waals surface area contributed by atoms with E-state index in [0.717, 1.165) is 60.9 Å². The minimum Gasteiger partial charge on any atom is -0.456 e. The van der Waals surface area contributed by atoms with Gasteiger partial charge in [0.15, 0.2) is 0 Å². The highest BCUT2D eigenvalue weighted by Gasteiger charge is 2.36. The first kappa shape index (κ1) is 32.8. The summed E-state index contributed by atoms with van der Waals surface area (Å²) in [6.07, 6.45) is 0. The van der Waals surface area contributed by atoms with Crippen LogP contribution in [0.15, 0.2) is 136 Å². The summed E-state index contributed by atoms with van der Waals surface area (Å²) in [5.74, 6) is 0. The first-order valence-corrected chi connectivity index (χ1v) is 19.2. The summed E-state index contributed by atoms with van der Waals surface area (Å²) in [5, 5.41) is 6.83. The number of nitrogens with zero attached hydrogens (tertiary/aromatic N) is 1. The molecular formula is C51H45NO2. The van der Waals surface area contributed by atoms with Crippen LogP contribution < -0.4 is 4.90 Å². The fraction of sp³-hybridized carbons (Fsp3) is 0.216. The Hall–Kier alpha value is -5.80. The highest BCUT2D eigenvalue weighted by molar-refractivity contribution is 6.20. The molecule has 1 aliphatic carbocycles. The van der Waals surface area contributed by atoms with E-state index in [1.807, 2.05) is 0 Å². The van der Waals surface area contributed by atoms with Crippen molar-refractivity contribution >= 4 is 71.7 Å². The van der Waals surface area contributed by atoms with E-state index in [1.165, 1.54) is 44.2 Å². The van der Waals surface area contributed by atoms with Crippen LogP contribution in [0.3, 0.4) is 0 Å². The van der Waals surface area contributed by atoms with Gasteiger partial charge in [0.05, 0.1) is 11.1 Å². The zero-order valence-electron chi connectivity index (χ0n) is 32.4. The lowest BCUT2D eigenvalue weighted by Gasteiger charge is -2.28. The molecule has 266 valence electrons. The minimum atomic E-state index is -0.141. The third-order valence-corrected chi connectivity index (χ3v) is 11.9. The van der Waals surface area contributed by atoms with Gasteiger partial charge < -0.3 is 13.7 Å². The summed E-state index contributed by atoms with van der Waals surface area (Å²) >= 11 is 0. The van der Waals surface area contributed by atoms with Crippen LogP contribution in [0.1, 0.15) is 77.6 Å². The number of benzene rings is 7. The third-order valence-electron chi connectivity index (χ3n) is 11.9. The number of hydrogen-bond acceptors (Lipinski definition) is 3. The van der Waals surface area contributed by atoms with Crippen molar-refractivity contribution in [3.05, 3.63) is 150 Å². The quantitative estimate of drug-likeness (QED) is 0.183. The molecule has 0 spiro atoms. The van der Waals surface area contributed by atoms with Gasteiger partial charge in [0.1, 0.15) is 22.3 Å². The maximum Gasteiger partial charge on any atom is 0.143 e. The molecule has 0 radical (unpaired) electrons. The Morgan fingerprint density at radius 1 is 0.500 bits per heavy atom. The fourth-order valence-corrected chi connectivity index (χ4v) is 9.04. The van der Waals surface area contributed by atoms with E-state index in [4.69, 9.17) is 8.83 Å². The third kappa shape index (κ3) is 4.73. The molecule has 1 aliphatic rings. The average molecular weight is 704 g/mol. The summed E-state index contributed by atoms with van der Waals surface area (Å²) in [6.45, 7) is 18.4. The molecule has 0 aliphatic heterocycles. The first-order valence-electron chi connectivity index (χ1n) is 19.2. The second-order valence-corrected chi connectivity index (χ2v) is 17.8. The summed E-state index contributed by atoms with van der Waals surface area (Å²) in [7, 11) is 0.